The van der Waals surface area contributed by atoms with Gasteiger partial charge in [-0.2, -0.15) is 18.2 Å². The zero-order valence-corrected chi connectivity index (χ0v) is 13.9. The van der Waals surface area contributed by atoms with Crippen LogP contribution in [0.3, 0.4) is 0 Å². The number of carbonyl (C=O) groups excluding carboxylic acids is 1. The summed E-state index contributed by atoms with van der Waals surface area (Å²) >= 11 is 0. The van der Waals surface area contributed by atoms with Gasteiger partial charge >= 0.3 is 17.9 Å². The van der Waals surface area contributed by atoms with Crippen molar-refractivity contribution in [2.45, 2.75) is 38.7 Å². The molecule has 2 N–H and O–H groups in total. The van der Waals surface area contributed by atoms with E-state index in [0.717, 1.165) is 6.92 Å². The van der Waals surface area contributed by atoms with Crippen LogP contribution in [-0.4, -0.2) is 38.9 Å². The number of esters is 1. The Morgan fingerprint density at radius 2 is 1.92 bits per heavy atom. The fourth-order valence-electron chi connectivity index (χ4n) is 2.10. The van der Waals surface area contributed by atoms with Crippen molar-refractivity contribution in [2.24, 2.45) is 0 Å². The minimum absolute atomic E-state index is 0.110. The number of halogens is 3. The van der Waals surface area contributed by atoms with Crippen LogP contribution in [0, 0.1) is 5.41 Å². The second kappa shape index (κ2) is 7.24. The fraction of sp³-hybridized carbons (Fsp3) is 0.375. The predicted octanol–water partition coefficient (Wildman–Crippen LogP) is 2.87. The van der Waals surface area contributed by atoms with Gasteiger partial charge in [-0.3, -0.25) is 4.79 Å². The van der Waals surface area contributed by atoms with Crippen LogP contribution in [0.15, 0.2) is 28.8 Å². The lowest BCUT2D eigenvalue weighted by molar-refractivity contribution is -0.347. The summed E-state index contributed by atoms with van der Waals surface area (Å²) in [5.41, 5.74) is 0.0797. The van der Waals surface area contributed by atoms with E-state index in [9.17, 15) is 23.1 Å². The van der Waals surface area contributed by atoms with Crippen molar-refractivity contribution in [2.75, 3.05) is 0 Å². The van der Waals surface area contributed by atoms with Crippen molar-refractivity contribution in [3.63, 3.8) is 0 Å². The molecule has 140 valence electrons. The first kappa shape index (κ1) is 19.6. The molecular weight excluding hydrogens is 355 g/mol. The second-order valence-corrected chi connectivity index (χ2v) is 5.48. The van der Waals surface area contributed by atoms with Gasteiger partial charge in [0.25, 0.3) is 5.89 Å². The average molecular weight is 371 g/mol. The third-order valence-electron chi connectivity index (χ3n) is 3.44. The van der Waals surface area contributed by atoms with Crippen molar-refractivity contribution >= 4 is 11.7 Å². The van der Waals surface area contributed by atoms with Crippen LogP contribution in [0.5, 0.6) is 0 Å². The highest BCUT2D eigenvalue weighted by molar-refractivity contribution is 5.99. The molecule has 0 bridgehead atoms. The standard InChI is InChI=1S/C16H16F3N3O4/c1-3-13-21-14(26-22-13)11-6-4-10(5-7-11)12(20)8-15(24,16(17,18)19)25-9(2)23/h4-7,20,24H,3,8H2,1-2H3. The van der Waals surface area contributed by atoms with Crippen LogP contribution < -0.4 is 0 Å². The van der Waals surface area contributed by atoms with E-state index in [4.69, 9.17) is 9.93 Å². The van der Waals surface area contributed by atoms with Gasteiger partial charge in [-0.25, -0.2) is 0 Å². The van der Waals surface area contributed by atoms with Gasteiger partial charge in [0.2, 0.25) is 0 Å². The summed E-state index contributed by atoms with van der Waals surface area (Å²) in [6.45, 7) is 2.59. The van der Waals surface area contributed by atoms with E-state index in [1.165, 1.54) is 24.3 Å². The molecule has 1 unspecified atom stereocenters. The highest BCUT2D eigenvalue weighted by atomic mass is 19.4. The van der Waals surface area contributed by atoms with Crippen LogP contribution in [0.4, 0.5) is 13.2 Å². The molecule has 1 aromatic carbocycles. The highest BCUT2D eigenvalue weighted by Gasteiger charge is 2.57. The summed E-state index contributed by atoms with van der Waals surface area (Å²) in [6, 6.07) is 5.74. The zero-order chi connectivity index (χ0) is 19.5. The number of ether oxygens (including phenoxy) is 1. The minimum Gasteiger partial charge on any atom is -0.423 e. The Bertz CT molecular complexity index is 802. The van der Waals surface area contributed by atoms with Gasteiger partial charge in [0, 0.05) is 24.6 Å². The Morgan fingerprint density at radius 1 is 1.31 bits per heavy atom. The molecule has 1 heterocycles. The third kappa shape index (κ3) is 4.26. The third-order valence-corrected chi connectivity index (χ3v) is 3.44. The van der Waals surface area contributed by atoms with Gasteiger partial charge in [-0.15, -0.1) is 0 Å². The van der Waals surface area contributed by atoms with E-state index in [1.807, 2.05) is 6.92 Å². The Labute approximate surface area is 146 Å². The maximum Gasteiger partial charge on any atom is 0.455 e. The maximum absolute atomic E-state index is 13.0. The van der Waals surface area contributed by atoms with Gasteiger partial charge in [-0.1, -0.05) is 24.2 Å². The number of nitrogens with zero attached hydrogens (tertiary/aromatic N) is 2. The number of aromatic nitrogens is 2. The number of rotatable bonds is 6. The predicted molar refractivity (Wildman–Crippen MR) is 83.3 cm³/mol. The van der Waals surface area contributed by atoms with Crippen LogP contribution in [0.2, 0.25) is 0 Å². The van der Waals surface area contributed by atoms with Gasteiger partial charge in [0.05, 0.1) is 6.42 Å². The topological polar surface area (TPSA) is 109 Å². The highest BCUT2D eigenvalue weighted by Crippen LogP contribution is 2.35. The monoisotopic (exact) mass is 371 g/mol. The second-order valence-electron chi connectivity index (χ2n) is 5.48. The Morgan fingerprint density at radius 3 is 2.38 bits per heavy atom. The SMILES string of the molecule is CCc1noc(-c2ccc(C(=N)CC(O)(OC(C)=O)C(F)(F)F)cc2)n1. The van der Waals surface area contributed by atoms with E-state index >= 15 is 0 Å². The molecule has 10 heteroatoms. The molecule has 0 saturated carbocycles. The molecule has 2 aromatic rings. The molecule has 0 radical (unpaired) electrons. The van der Waals surface area contributed by atoms with Crippen molar-refractivity contribution in [3.8, 4) is 11.5 Å². The van der Waals surface area contributed by atoms with Crippen LogP contribution >= 0.6 is 0 Å². The van der Waals surface area contributed by atoms with E-state index in [2.05, 4.69) is 14.9 Å². The molecule has 1 aromatic heterocycles. The molecule has 0 aliphatic carbocycles. The summed E-state index contributed by atoms with van der Waals surface area (Å²) in [7, 11) is 0. The summed E-state index contributed by atoms with van der Waals surface area (Å²) < 4.78 is 48.1. The number of alkyl halides is 3. The molecule has 2 rings (SSSR count). The smallest absolute Gasteiger partial charge is 0.423 e. The Kier molecular flexibility index (Phi) is 5.45. The van der Waals surface area contributed by atoms with Crippen LogP contribution in [0.25, 0.3) is 11.5 Å². The quantitative estimate of drug-likeness (QED) is 0.459. The van der Waals surface area contributed by atoms with E-state index in [-0.39, 0.29) is 11.5 Å². The number of aliphatic hydroxyl groups is 1. The molecular formula is C16H16F3N3O4. The lowest BCUT2D eigenvalue weighted by Crippen LogP contribution is -2.50. The normalized spacial score (nSPS) is 13.9. The minimum atomic E-state index is -5.24. The fourth-order valence-corrected chi connectivity index (χ4v) is 2.10. The number of aryl methyl sites for hydroxylation is 1. The number of carbonyl (C=O) groups is 1. The lowest BCUT2D eigenvalue weighted by Gasteiger charge is -2.29. The Balaban J connectivity index is 2.19. The largest absolute Gasteiger partial charge is 0.455 e. The van der Waals surface area contributed by atoms with Gasteiger partial charge in [0.1, 0.15) is 0 Å². The molecule has 26 heavy (non-hydrogen) atoms. The lowest BCUT2D eigenvalue weighted by atomic mass is 10.0. The first-order chi connectivity index (χ1) is 12.1. The molecule has 0 fully saturated rings. The van der Waals surface area contributed by atoms with Crippen molar-refractivity contribution in [1.29, 1.82) is 5.41 Å². The van der Waals surface area contributed by atoms with E-state index in [0.29, 0.717) is 17.8 Å². The van der Waals surface area contributed by atoms with Crippen molar-refractivity contribution in [1.82, 2.24) is 10.1 Å². The molecule has 1 atom stereocenters. The van der Waals surface area contributed by atoms with Gasteiger partial charge < -0.3 is 19.8 Å². The molecule has 0 amide bonds. The number of hydrogen-bond donors (Lipinski definition) is 2. The van der Waals surface area contributed by atoms with Gasteiger partial charge in [-0.05, 0) is 17.7 Å². The van der Waals surface area contributed by atoms with Crippen LogP contribution in [-0.2, 0) is 16.0 Å². The molecule has 0 saturated heterocycles. The summed E-state index contributed by atoms with van der Waals surface area (Å²) in [6.07, 6.45) is -5.90. The molecule has 0 spiro atoms. The number of nitrogens with one attached hydrogen (secondary N) is 1. The Hall–Kier alpha value is -2.75. The van der Waals surface area contributed by atoms with Crippen molar-refractivity contribution in [3.05, 3.63) is 35.7 Å². The number of benzene rings is 1. The number of hydrogen-bond acceptors (Lipinski definition) is 7. The molecule has 0 aliphatic heterocycles. The van der Waals surface area contributed by atoms with Gasteiger partial charge in [0.15, 0.2) is 5.82 Å². The molecule has 7 nitrogen and oxygen atoms in total. The zero-order valence-electron chi connectivity index (χ0n) is 13.9. The summed E-state index contributed by atoms with van der Waals surface area (Å²) in [4.78, 5) is 15.0. The van der Waals surface area contributed by atoms with E-state index in [1.54, 1.807) is 0 Å². The first-order valence-corrected chi connectivity index (χ1v) is 7.55. The van der Waals surface area contributed by atoms with Crippen LogP contribution in [0.1, 0.15) is 31.7 Å². The van der Waals surface area contributed by atoms with E-state index < -0.39 is 30.1 Å². The summed E-state index contributed by atoms with van der Waals surface area (Å²) in [5, 5.41) is 21.2. The van der Waals surface area contributed by atoms with Crippen molar-refractivity contribution < 1.29 is 32.3 Å². The first-order valence-electron chi connectivity index (χ1n) is 7.55. The summed E-state index contributed by atoms with van der Waals surface area (Å²) in [5.74, 6) is -4.33. The molecule has 0 aliphatic rings. The maximum atomic E-state index is 13.0. The average Bonchev–Trinajstić information content (AvgIpc) is 3.02.